The van der Waals surface area contributed by atoms with Crippen molar-refractivity contribution < 1.29 is 12.8 Å². The highest BCUT2D eigenvalue weighted by Crippen LogP contribution is 2.10. The molecule has 0 saturated carbocycles. The van der Waals surface area contributed by atoms with Crippen molar-refractivity contribution in [2.45, 2.75) is 18.2 Å². The van der Waals surface area contributed by atoms with Crippen LogP contribution in [-0.4, -0.2) is 19.9 Å². The highest BCUT2D eigenvalue weighted by atomic mass is 32.2. The van der Waals surface area contributed by atoms with Crippen molar-refractivity contribution in [3.8, 4) is 0 Å². The Morgan fingerprint density at radius 3 is 2.86 bits per heavy atom. The Morgan fingerprint density at radius 2 is 2.29 bits per heavy atom. The summed E-state index contributed by atoms with van der Waals surface area (Å²) < 4.78 is 38.1. The molecule has 0 fully saturated rings. The third-order valence-corrected chi connectivity index (χ3v) is 3.02. The molecule has 0 unspecified atom stereocenters. The zero-order valence-corrected chi connectivity index (χ0v) is 8.51. The Kier molecular flexibility index (Phi) is 3.54. The molecule has 14 heavy (non-hydrogen) atoms. The summed E-state index contributed by atoms with van der Waals surface area (Å²) in [6.07, 6.45) is 1.86. The van der Waals surface area contributed by atoms with Crippen LogP contribution in [0.1, 0.15) is 13.3 Å². The maximum Gasteiger partial charge on any atom is 0.245 e. The van der Waals surface area contributed by atoms with Gasteiger partial charge in [-0.1, -0.05) is 6.92 Å². The predicted octanol–water partition coefficient (Wildman–Crippen LogP) is 0.909. The van der Waals surface area contributed by atoms with Crippen molar-refractivity contribution in [3.63, 3.8) is 0 Å². The van der Waals surface area contributed by atoms with Gasteiger partial charge in [-0.2, -0.15) is 4.39 Å². The molecule has 0 spiro atoms. The van der Waals surface area contributed by atoms with Gasteiger partial charge in [0.05, 0.1) is 0 Å². The summed E-state index contributed by atoms with van der Waals surface area (Å²) >= 11 is 0. The molecule has 1 N–H and O–H groups in total. The summed E-state index contributed by atoms with van der Waals surface area (Å²) in [5.74, 6) is -0.976. The number of aromatic nitrogens is 1. The molecule has 0 atom stereocenters. The number of hydrogen-bond acceptors (Lipinski definition) is 3. The first-order valence-electron chi connectivity index (χ1n) is 4.18. The number of rotatable bonds is 4. The Morgan fingerprint density at radius 1 is 1.57 bits per heavy atom. The van der Waals surface area contributed by atoms with Crippen LogP contribution in [0.4, 0.5) is 4.39 Å². The number of hydrogen-bond donors (Lipinski definition) is 1. The minimum Gasteiger partial charge on any atom is -0.227 e. The topological polar surface area (TPSA) is 59.1 Å². The van der Waals surface area contributed by atoms with E-state index in [4.69, 9.17) is 0 Å². The van der Waals surface area contributed by atoms with Gasteiger partial charge >= 0.3 is 0 Å². The van der Waals surface area contributed by atoms with Crippen LogP contribution < -0.4 is 4.72 Å². The van der Waals surface area contributed by atoms with E-state index in [1.165, 1.54) is 18.3 Å². The molecular formula is C8H11FN2O2S. The van der Waals surface area contributed by atoms with Gasteiger partial charge < -0.3 is 0 Å². The van der Waals surface area contributed by atoms with Gasteiger partial charge in [0.25, 0.3) is 0 Å². The number of nitrogens with one attached hydrogen (secondary N) is 1. The highest BCUT2D eigenvalue weighted by molar-refractivity contribution is 7.89. The maximum absolute atomic E-state index is 13.0. The molecule has 0 aromatic carbocycles. The number of halogens is 1. The van der Waals surface area contributed by atoms with Gasteiger partial charge in [-0.25, -0.2) is 18.1 Å². The largest absolute Gasteiger partial charge is 0.245 e. The van der Waals surface area contributed by atoms with E-state index in [-0.39, 0.29) is 6.54 Å². The smallest absolute Gasteiger partial charge is 0.227 e. The SMILES string of the molecule is CCCNS(=O)(=O)c1cccnc1F. The molecule has 0 radical (unpaired) electrons. The van der Waals surface area contributed by atoms with Crippen LogP contribution in [0, 0.1) is 5.95 Å². The maximum atomic E-state index is 13.0. The van der Waals surface area contributed by atoms with E-state index >= 15 is 0 Å². The van der Waals surface area contributed by atoms with E-state index in [0.29, 0.717) is 6.42 Å². The van der Waals surface area contributed by atoms with Gasteiger partial charge in [0.15, 0.2) is 0 Å². The van der Waals surface area contributed by atoms with Gasteiger partial charge in [0.1, 0.15) is 4.90 Å². The van der Waals surface area contributed by atoms with Crippen LogP contribution in [-0.2, 0) is 10.0 Å². The first-order valence-corrected chi connectivity index (χ1v) is 5.66. The summed E-state index contributed by atoms with van der Waals surface area (Å²) in [4.78, 5) is 2.86. The van der Waals surface area contributed by atoms with Crippen LogP contribution in [0.5, 0.6) is 0 Å². The summed E-state index contributed by atoms with van der Waals surface area (Å²) in [5, 5.41) is 0. The molecular weight excluding hydrogens is 207 g/mol. The quantitative estimate of drug-likeness (QED) is 0.764. The van der Waals surface area contributed by atoms with Crippen molar-refractivity contribution in [2.24, 2.45) is 0 Å². The fourth-order valence-electron chi connectivity index (χ4n) is 0.886. The van der Waals surface area contributed by atoms with Gasteiger partial charge in [-0.05, 0) is 18.6 Å². The average molecular weight is 218 g/mol. The lowest BCUT2D eigenvalue weighted by atomic mass is 10.5. The molecule has 4 nitrogen and oxygen atoms in total. The van der Waals surface area contributed by atoms with Crippen LogP contribution >= 0.6 is 0 Å². The second-order valence-corrected chi connectivity index (χ2v) is 4.43. The lowest BCUT2D eigenvalue weighted by Gasteiger charge is -2.04. The third-order valence-electron chi connectivity index (χ3n) is 1.56. The second kappa shape index (κ2) is 4.47. The highest BCUT2D eigenvalue weighted by Gasteiger charge is 2.18. The molecule has 1 aromatic rings. The van der Waals surface area contributed by atoms with Crippen molar-refractivity contribution >= 4 is 10.0 Å². The average Bonchev–Trinajstić information content (AvgIpc) is 2.15. The minimum atomic E-state index is -3.74. The standard InChI is InChI=1S/C8H11FN2O2S/c1-2-5-11-14(12,13)7-4-3-6-10-8(7)9/h3-4,6,11H,2,5H2,1H3. The molecule has 0 aliphatic heterocycles. The van der Waals surface area contributed by atoms with Crippen molar-refractivity contribution in [1.82, 2.24) is 9.71 Å². The molecule has 0 saturated heterocycles. The van der Waals surface area contributed by atoms with E-state index in [9.17, 15) is 12.8 Å². The normalized spacial score (nSPS) is 11.6. The zero-order chi connectivity index (χ0) is 10.6. The molecule has 0 bridgehead atoms. The van der Waals surface area contributed by atoms with Crippen molar-refractivity contribution in [2.75, 3.05) is 6.54 Å². The lowest BCUT2D eigenvalue weighted by Crippen LogP contribution is -2.25. The fourth-order valence-corrected chi connectivity index (χ4v) is 2.05. The predicted molar refractivity (Wildman–Crippen MR) is 49.7 cm³/mol. The lowest BCUT2D eigenvalue weighted by molar-refractivity contribution is 0.532. The Hall–Kier alpha value is -1.01. The molecule has 0 aliphatic rings. The summed E-state index contributed by atoms with van der Waals surface area (Å²) in [6.45, 7) is 2.11. The van der Waals surface area contributed by atoms with Gasteiger partial charge in [0.2, 0.25) is 16.0 Å². The van der Waals surface area contributed by atoms with E-state index in [0.717, 1.165) is 0 Å². The van der Waals surface area contributed by atoms with Gasteiger partial charge in [-0.3, -0.25) is 0 Å². The molecule has 78 valence electrons. The Balaban J connectivity index is 2.99. The monoisotopic (exact) mass is 218 g/mol. The first-order chi connectivity index (χ1) is 6.58. The molecule has 1 rings (SSSR count). The molecule has 1 aromatic heterocycles. The summed E-state index contributed by atoms with van der Waals surface area (Å²) in [5.41, 5.74) is 0. The number of nitrogens with zero attached hydrogens (tertiary/aromatic N) is 1. The van der Waals surface area contributed by atoms with E-state index < -0.39 is 20.9 Å². The first kappa shape index (κ1) is 11.1. The van der Waals surface area contributed by atoms with Crippen LogP contribution in [0.25, 0.3) is 0 Å². The summed E-state index contributed by atoms with van der Waals surface area (Å²) in [6, 6.07) is 2.56. The fraction of sp³-hybridized carbons (Fsp3) is 0.375. The molecule has 0 aliphatic carbocycles. The zero-order valence-electron chi connectivity index (χ0n) is 7.70. The van der Waals surface area contributed by atoms with E-state index in [2.05, 4.69) is 9.71 Å². The Labute approximate surface area is 82.2 Å². The van der Waals surface area contributed by atoms with Crippen LogP contribution in [0.15, 0.2) is 23.2 Å². The third kappa shape index (κ3) is 2.49. The van der Waals surface area contributed by atoms with Crippen molar-refractivity contribution in [3.05, 3.63) is 24.3 Å². The van der Waals surface area contributed by atoms with Gasteiger partial charge in [-0.15, -0.1) is 0 Å². The van der Waals surface area contributed by atoms with Gasteiger partial charge in [0, 0.05) is 12.7 Å². The minimum absolute atomic E-state index is 0.288. The van der Waals surface area contributed by atoms with Crippen LogP contribution in [0.2, 0.25) is 0 Å². The number of pyridine rings is 1. The molecule has 1 heterocycles. The van der Waals surface area contributed by atoms with Crippen molar-refractivity contribution in [1.29, 1.82) is 0 Å². The van der Waals surface area contributed by atoms with Crippen LogP contribution in [0.3, 0.4) is 0 Å². The van der Waals surface area contributed by atoms with E-state index in [1.54, 1.807) is 0 Å². The molecule has 6 heteroatoms. The van der Waals surface area contributed by atoms with E-state index in [1.807, 2.05) is 6.92 Å². The number of sulfonamides is 1. The second-order valence-electron chi connectivity index (χ2n) is 2.69. The Bertz CT molecular complexity index is 406. The summed E-state index contributed by atoms with van der Waals surface area (Å²) in [7, 11) is -3.74. The molecule has 0 amide bonds.